The number of ether oxygens (including phenoxy) is 2. The van der Waals surface area contributed by atoms with Crippen molar-refractivity contribution in [2.75, 3.05) is 13.2 Å². The predicted octanol–water partition coefficient (Wildman–Crippen LogP) is 1.54. The molecule has 0 aliphatic carbocycles. The number of nitrogens with zero attached hydrogens (tertiary/aromatic N) is 1. The van der Waals surface area contributed by atoms with Crippen molar-refractivity contribution in [1.29, 1.82) is 0 Å². The minimum atomic E-state index is -1.81. The quantitative estimate of drug-likeness (QED) is 0.276. The van der Waals surface area contributed by atoms with Crippen LogP contribution in [-0.4, -0.2) is 66.4 Å². The molecule has 2 aliphatic rings. The summed E-state index contributed by atoms with van der Waals surface area (Å²) in [5, 5.41) is 1.67. The van der Waals surface area contributed by atoms with Gasteiger partial charge in [-0.2, -0.15) is 0 Å². The van der Waals surface area contributed by atoms with Crippen LogP contribution < -0.4 is 10.1 Å². The molecule has 1 unspecified atom stereocenters. The number of rotatable bonds is 6. The molecule has 2 fully saturated rings. The SMILES string of the molecule is CC1(C)[C@H](C(=O)OCC(Cl)(Cl)Cl)N2C(=O)[C@@H](NC(=O)COc3ccccc3)[C@H]2[S+]1[O-]. The van der Waals surface area contributed by atoms with Crippen LogP contribution in [0.25, 0.3) is 0 Å². The lowest BCUT2D eigenvalue weighted by Gasteiger charge is -2.41. The van der Waals surface area contributed by atoms with Crippen molar-refractivity contribution in [2.45, 2.75) is 39.8 Å². The fraction of sp³-hybridized carbons (Fsp3) is 0.500. The standard InChI is InChI=1S/C18H19Cl3N2O6S/c1-17(2)13(16(26)29-9-18(19,20)21)23-14(25)12(15(23)30(17)27)22-11(24)8-28-10-6-4-3-5-7-10/h3-7,12-13,15H,8-9H2,1-2H3,(H,22,24)/t12-,13+,15-,30?/m1/s1. The highest BCUT2D eigenvalue weighted by atomic mass is 35.6. The number of halogens is 3. The molecule has 0 aromatic heterocycles. The number of alkyl halides is 3. The van der Waals surface area contributed by atoms with Gasteiger partial charge in [0, 0.05) is 0 Å². The van der Waals surface area contributed by atoms with Crippen molar-refractivity contribution in [2.24, 2.45) is 0 Å². The lowest BCUT2D eigenvalue weighted by Crippen LogP contribution is -2.72. The molecule has 0 radical (unpaired) electrons. The molecule has 2 saturated heterocycles. The van der Waals surface area contributed by atoms with Crippen LogP contribution in [0.3, 0.4) is 0 Å². The Morgan fingerprint density at radius 2 is 1.90 bits per heavy atom. The number of carbonyl (C=O) groups is 3. The number of para-hydroxylation sites is 1. The van der Waals surface area contributed by atoms with Crippen LogP contribution in [0.15, 0.2) is 30.3 Å². The predicted molar refractivity (Wildman–Crippen MR) is 112 cm³/mol. The van der Waals surface area contributed by atoms with Gasteiger partial charge in [-0.3, -0.25) is 14.5 Å². The summed E-state index contributed by atoms with van der Waals surface area (Å²) in [5.74, 6) is -1.42. The Morgan fingerprint density at radius 3 is 2.50 bits per heavy atom. The average Bonchev–Trinajstić information content (AvgIpc) is 2.87. The van der Waals surface area contributed by atoms with E-state index in [0.717, 1.165) is 0 Å². The van der Waals surface area contributed by atoms with E-state index in [-0.39, 0.29) is 6.61 Å². The summed E-state index contributed by atoms with van der Waals surface area (Å²) in [6, 6.07) is 6.54. The zero-order valence-electron chi connectivity index (χ0n) is 16.0. The summed E-state index contributed by atoms with van der Waals surface area (Å²) < 4.78 is 20.4. The van der Waals surface area contributed by atoms with Gasteiger partial charge in [0.2, 0.25) is 9.17 Å². The van der Waals surface area contributed by atoms with Gasteiger partial charge >= 0.3 is 5.97 Å². The number of benzene rings is 1. The van der Waals surface area contributed by atoms with Crippen molar-refractivity contribution in [3.8, 4) is 5.75 Å². The van der Waals surface area contributed by atoms with Gasteiger partial charge in [0.05, 0.1) is 0 Å². The van der Waals surface area contributed by atoms with Gasteiger partial charge in [-0.1, -0.05) is 53.0 Å². The molecule has 12 heteroatoms. The molecular formula is C18H19Cl3N2O6S. The Kier molecular flexibility index (Phi) is 6.69. The molecule has 0 bridgehead atoms. The second-order valence-corrected chi connectivity index (χ2v) is 12.0. The van der Waals surface area contributed by atoms with Gasteiger partial charge < -0.3 is 19.3 Å². The number of nitrogens with one attached hydrogen (secondary N) is 1. The second kappa shape index (κ2) is 8.63. The molecule has 164 valence electrons. The van der Waals surface area contributed by atoms with Crippen molar-refractivity contribution in [3.05, 3.63) is 30.3 Å². The number of amides is 2. The monoisotopic (exact) mass is 496 g/mol. The Bertz CT molecular complexity index is 835. The maximum absolute atomic E-state index is 13.0. The fourth-order valence-corrected chi connectivity index (χ4v) is 5.47. The minimum Gasteiger partial charge on any atom is -0.614 e. The highest BCUT2D eigenvalue weighted by Gasteiger charge is 2.73. The van der Waals surface area contributed by atoms with E-state index in [9.17, 15) is 18.9 Å². The summed E-state index contributed by atoms with van der Waals surface area (Å²) in [5.41, 5.74) is 0. The lowest BCUT2D eigenvalue weighted by atomic mass is 9.96. The molecular weight excluding hydrogens is 479 g/mol. The number of fused-ring (bicyclic) bond motifs is 1. The third kappa shape index (κ3) is 4.60. The van der Waals surface area contributed by atoms with Crippen molar-refractivity contribution in [3.63, 3.8) is 0 Å². The average molecular weight is 498 g/mol. The first-order valence-corrected chi connectivity index (χ1v) is 11.2. The number of β-lactam (4-membered cyclic amide) rings is 1. The lowest BCUT2D eigenvalue weighted by molar-refractivity contribution is -0.164. The molecule has 0 saturated carbocycles. The Labute approximate surface area is 191 Å². The van der Waals surface area contributed by atoms with E-state index < -0.39 is 61.6 Å². The maximum atomic E-state index is 13.0. The number of carbonyl (C=O) groups excluding carboxylic acids is 3. The van der Waals surface area contributed by atoms with E-state index in [1.165, 1.54) is 4.90 Å². The van der Waals surface area contributed by atoms with Crippen LogP contribution in [0, 0.1) is 0 Å². The van der Waals surface area contributed by atoms with Gasteiger partial charge in [0.1, 0.15) is 12.4 Å². The second-order valence-electron chi connectivity index (χ2n) is 7.31. The summed E-state index contributed by atoms with van der Waals surface area (Å²) in [6.45, 7) is 2.32. The molecule has 1 N–H and O–H groups in total. The van der Waals surface area contributed by atoms with Crippen LogP contribution >= 0.6 is 34.8 Å². The molecule has 30 heavy (non-hydrogen) atoms. The first-order valence-electron chi connectivity index (χ1n) is 8.87. The van der Waals surface area contributed by atoms with Crippen LogP contribution in [0.1, 0.15) is 13.8 Å². The van der Waals surface area contributed by atoms with E-state index in [0.29, 0.717) is 5.75 Å². The van der Waals surface area contributed by atoms with Crippen molar-refractivity contribution >= 4 is 63.8 Å². The molecule has 0 spiro atoms. The Balaban J connectivity index is 1.64. The zero-order valence-corrected chi connectivity index (χ0v) is 19.1. The van der Waals surface area contributed by atoms with Gasteiger partial charge in [0.25, 0.3) is 11.8 Å². The van der Waals surface area contributed by atoms with Gasteiger partial charge in [0.15, 0.2) is 23.4 Å². The number of hydrogen-bond donors (Lipinski definition) is 1. The Hall–Kier alpha value is -1.39. The fourth-order valence-electron chi connectivity index (χ4n) is 3.39. The van der Waals surface area contributed by atoms with Crippen LogP contribution in [-0.2, 0) is 30.3 Å². The van der Waals surface area contributed by atoms with E-state index in [4.69, 9.17) is 44.3 Å². The molecule has 2 aliphatic heterocycles. The molecule has 3 rings (SSSR count). The molecule has 8 nitrogen and oxygen atoms in total. The third-order valence-corrected chi connectivity index (χ3v) is 7.31. The normalized spacial score (nSPS) is 27.1. The molecule has 1 aromatic rings. The van der Waals surface area contributed by atoms with Crippen LogP contribution in [0.2, 0.25) is 0 Å². The first kappa shape index (κ1) is 23.3. The molecule has 2 amide bonds. The highest BCUT2D eigenvalue weighted by Crippen LogP contribution is 2.46. The van der Waals surface area contributed by atoms with E-state index in [1.54, 1.807) is 44.2 Å². The van der Waals surface area contributed by atoms with Crippen molar-refractivity contribution in [1.82, 2.24) is 10.2 Å². The third-order valence-electron chi connectivity index (χ3n) is 4.79. The molecule has 2 heterocycles. The maximum Gasteiger partial charge on any atom is 0.334 e. The number of hydrogen-bond acceptors (Lipinski definition) is 6. The molecule has 4 atom stereocenters. The summed E-state index contributed by atoms with van der Waals surface area (Å²) in [4.78, 5) is 38.6. The molecule has 1 aromatic carbocycles. The van der Waals surface area contributed by atoms with Crippen LogP contribution in [0.4, 0.5) is 0 Å². The van der Waals surface area contributed by atoms with E-state index in [2.05, 4.69) is 5.32 Å². The van der Waals surface area contributed by atoms with Crippen molar-refractivity contribution < 1.29 is 28.4 Å². The summed E-state index contributed by atoms with van der Waals surface area (Å²) in [7, 11) is 0. The summed E-state index contributed by atoms with van der Waals surface area (Å²) >= 11 is 15.1. The smallest absolute Gasteiger partial charge is 0.334 e. The van der Waals surface area contributed by atoms with E-state index in [1.807, 2.05) is 0 Å². The summed E-state index contributed by atoms with van der Waals surface area (Å²) in [6.07, 6.45) is 0. The minimum absolute atomic E-state index is 0.314. The Morgan fingerprint density at radius 1 is 1.27 bits per heavy atom. The van der Waals surface area contributed by atoms with Gasteiger partial charge in [-0.15, -0.1) is 0 Å². The van der Waals surface area contributed by atoms with Gasteiger partial charge in [-0.25, -0.2) is 4.79 Å². The van der Waals surface area contributed by atoms with E-state index >= 15 is 0 Å². The topological polar surface area (TPSA) is 108 Å². The van der Waals surface area contributed by atoms with Gasteiger partial charge in [-0.05, 0) is 37.2 Å². The zero-order chi connectivity index (χ0) is 22.3. The highest BCUT2D eigenvalue weighted by molar-refractivity contribution is 7.94. The first-order chi connectivity index (χ1) is 13.9. The number of esters is 1. The van der Waals surface area contributed by atoms with Crippen LogP contribution in [0.5, 0.6) is 5.75 Å². The largest absolute Gasteiger partial charge is 0.614 e.